The second-order valence-electron chi connectivity index (χ2n) is 7.91. The van der Waals surface area contributed by atoms with Crippen molar-refractivity contribution >= 4 is 17.0 Å². The van der Waals surface area contributed by atoms with Gasteiger partial charge in [-0.1, -0.05) is 0 Å². The van der Waals surface area contributed by atoms with Crippen LogP contribution in [0.2, 0.25) is 0 Å². The van der Waals surface area contributed by atoms with Crippen molar-refractivity contribution in [3.8, 4) is 0 Å². The summed E-state index contributed by atoms with van der Waals surface area (Å²) in [6, 6.07) is 4.64. The molecule has 10 heteroatoms. The number of aromatic nitrogens is 3. The summed E-state index contributed by atoms with van der Waals surface area (Å²) >= 11 is 0. The lowest BCUT2D eigenvalue weighted by Gasteiger charge is -2.40. The van der Waals surface area contributed by atoms with E-state index in [0.29, 0.717) is 28.3 Å². The van der Waals surface area contributed by atoms with Gasteiger partial charge in [-0.3, -0.25) is 0 Å². The number of rotatable bonds is 4. The molecule has 0 aliphatic heterocycles. The fourth-order valence-electron chi connectivity index (χ4n) is 3.80. The van der Waals surface area contributed by atoms with E-state index in [4.69, 9.17) is 5.73 Å². The number of anilines is 2. The highest BCUT2D eigenvalue weighted by molar-refractivity contribution is 5.70. The molecule has 0 saturated heterocycles. The van der Waals surface area contributed by atoms with Gasteiger partial charge in [0.1, 0.15) is 11.3 Å². The molecule has 0 spiro atoms. The number of nitrogens with zero attached hydrogens (tertiary/aromatic N) is 3. The number of aliphatic hydroxyl groups is 2. The summed E-state index contributed by atoms with van der Waals surface area (Å²) in [5.41, 5.74) is 5.30. The molecular weight excluding hydrogens is 399 g/mol. The quantitative estimate of drug-likeness (QED) is 0.482. The molecule has 160 valence electrons. The Bertz CT molecular complexity index is 1110. The number of fused-ring (bicyclic) bond motifs is 1. The lowest BCUT2D eigenvalue weighted by Crippen LogP contribution is -2.44. The zero-order valence-corrected chi connectivity index (χ0v) is 16.4. The van der Waals surface area contributed by atoms with Gasteiger partial charge in [-0.15, -0.1) is 0 Å². The Morgan fingerprint density at radius 3 is 2.60 bits per heavy atom. The molecular formula is C20H22F3N5O2. The molecule has 7 nitrogen and oxygen atoms in total. The highest BCUT2D eigenvalue weighted by atomic mass is 19.4. The summed E-state index contributed by atoms with van der Waals surface area (Å²) in [5, 5.41) is 27.7. The predicted octanol–water partition coefficient (Wildman–Crippen LogP) is 3.15. The molecule has 0 amide bonds. The third-order valence-electron chi connectivity index (χ3n) is 5.41. The molecule has 0 bridgehead atoms. The smallest absolute Gasteiger partial charge is 0.399 e. The minimum Gasteiger partial charge on any atom is -0.399 e. The third-order valence-corrected chi connectivity index (χ3v) is 5.41. The lowest BCUT2D eigenvalue weighted by molar-refractivity contribution is -0.137. The largest absolute Gasteiger partial charge is 0.416 e. The Morgan fingerprint density at radius 1 is 1.27 bits per heavy atom. The van der Waals surface area contributed by atoms with E-state index in [1.54, 1.807) is 30.6 Å². The van der Waals surface area contributed by atoms with Crippen molar-refractivity contribution in [1.82, 2.24) is 14.6 Å². The molecule has 4 rings (SSSR count). The van der Waals surface area contributed by atoms with Gasteiger partial charge in [-0.25, -0.2) is 9.50 Å². The third kappa shape index (κ3) is 3.68. The van der Waals surface area contributed by atoms with E-state index in [1.165, 1.54) is 6.07 Å². The molecule has 30 heavy (non-hydrogen) atoms. The first-order chi connectivity index (χ1) is 13.9. The average molecular weight is 421 g/mol. The standard InChI is InChI=1S/C20H22F3N5O2/c1-10(12-3-13(20(21,22)23)5-15(24)4-12)25-18-17-6-14(19(30)7-16(29)8-19)9-28(17)27-11(2)26-18/h3-6,9-10,16,29-30H,7-8,24H2,1-2H3,(H,25,26,27). The topological polar surface area (TPSA) is 109 Å². The summed E-state index contributed by atoms with van der Waals surface area (Å²) in [6.07, 6.45) is -2.90. The fraction of sp³-hybridized carbons (Fsp3) is 0.400. The molecule has 2 heterocycles. The van der Waals surface area contributed by atoms with Crippen molar-refractivity contribution in [2.45, 2.75) is 50.6 Å². The Kier molecular flexibility index (Phi) is 4.66. The van der Waals surface area contributed by atoms with Gasteiger partial charge in [-0.2, -0.15) is 18.3 Å². The molecule has 2 aromatic heterocycles. The van der Waals surface area contributed by atoms with Gasteiger partial charge in [0.05, 0.1) is 23.3 Å². The van der Waals surface area contributed by atoms with E-state index in [9.17, 15) is 23.4 Å². The van der Waals surface area contributed by atoms with Gasteiger partial charge in [0.25, 0.3) is 0 Å². The van der Waals surface area contributed by atoms with Crippen LogP contribution >= 0.6 is 0 Å². The van der Waals surface area contributed by atoms with Crippen molar-refractivity contribution in [3.05, 3.63) is 53.0 Å². The summed E-state index contributed by atoms with van der Waals surface area (Å²) < 4.78 is 41.0. The molecule has 1 aromatic carbocycles. The van der Waals surface area contributed by atoms with E-state index in [2.05, 4.69) is 15.4 Å². The van der Waals surface area contributed by atoms with Crippen LogP contribution in [0, 0.1) is 6.92 Å². The van der Waals surface area contributed by atoms with Crippen LogP contribution in [0.1, 0.15) is 48.3 Å². The number of nitrogens with one attached hydrogen (secondary N) is 1. The molecule has 0 radical (unpaired) electrons. The lowest BCUT2D eigenvalue weighted by atomic mass is 9.74. The number of aryl methyl sites for hydroxylation is 1. The van der Waals surface area contributed by atoms with Gasteiger partial charge < -0.3 is 21.3 Å². The Labute approximate surface area is 170 Å². The summed E-state index contributed by atoms with van der Waals surface area (Å²) in [4.78, 5) is 4.39. The van der Waals surface area contributed by atoms with Crippen molar-refractivity contribution in [1.29, 1.82) is 0 Å². The first-order valence-electron chi connectivity index (χ1n) is 9.47. The maximum absolute atomic E-state index is 13.1. The second kappa shape index (κ2) is 6.85. The number of aliphatic hydroxyl groups excluding tert-OH is 1. The van der Waals surface area contributed by atoms with Crippen molar-refractivity contribution in [2.75, 3.05) is 11.1 Å². The highest BCUT2D eigenvalue weighted by Gasteiger charge is 2.44. The van der Waals surface area contributed by atoms with Gasteiger partial charge in [0.2, 0.25) is 0 Å². The van der Waals surface area contributed by atoms with Crippen molar-refractivity contribution in [2.24, 2.45) is 0 Å². The van der Waals surface area contributed by atoms with E-state index in [1.807, 2.05) is 0 Å². The Morgan fingerprint density at radius 2 is 1.97 bits per heavy atom. The zero-order valence-electron chi connectivity index (χ0n) is 16.4. The molecule has 1 aliphatic carbocycles. The van der Waals surface area contributed by atoms with E-state index < -0.39 is 29.5 Å². The first-order valence-corrected chi connectivity index (χ1v) is 9.47. The molecule has 1 fully saturated rings. The summed E-state index contributed by atoms with van der Waals surface area (Å²) in [6.45, 7) is 3.40. The van der Waals surface area contributed by atoms with Crippen LogP contribution in [-0.4, -0.2) is 30.9 Å². The van der Waals surface area contributed by atoms with Gasteiger partial charge >= 0.3 is 6.18 Å². The van der Waals surface area contributed by atoms with Crippen molar-refractivity contribution < 1.29 is 23.4 Å². The number of nitrogen functional groups attached to an aromatic ring is 1. The predicted molar refractivity (Wildman–Crippen MR) is 105 cm³/mol. The molecule has 1 aliphatic rings. The Hall–Kier alpha value is -2.85. The van der Waals surface area contributed by atoms with Crippen LogP contribution in [-0.2, 0) is 11.8 Å². The Balaban J connectivity index is 1.68. The molecule has 1 unspecified atom stereocenters. The molecule has 1 atom stereocenters. The summed E-state index contributed by atoms with van der Waals surface area (Å²) in [5.74, 6) is 0.865. The highest BCUT2D eigenvalue weighted by Crippen LogP contribution is 2.42. The second-order valence-corrected chi connectivity index (χ2v) is 7.91. The maximum atomic E-state index is 13.1. The molecule has 1 saturated carbocycles. The monoisotopic (exact) mass is 421 g/mol. The molecule has 5 N–H and O–H groups in total. The number of hydrogen-bond donors (Lipinski definition) is 4. The normalized spacial score (nSPS) is 22.7. The van der Waals surface area contributed by atoms with Crippen LogP contribution in [0.4, 0.5) is 24.7 Å². The van der Waals surface area contributed by atoms with Gasteiger partial charge in [-0.05, 0) is 43.7 Å². The van der Waals surface area contributed by atoms with Crippen LogP contribution in [0.3, 0.4) is 0 Å². The SMILES string of the molecule is Cc1nc(NC(C)c2cc(N)cc(C(F)(F)F)c2)c2cc(C3(O)CC(O)C3)cn2n1. The number of halogens is 3. The van der Waals surface area contributed by atoms with Gasteiger partial charge in [0.15, 0.2) is 5.82 Å². The minimum atomic E-state index is -4.50. The van der Waals surface area contributed by atoms with Crippen LogP contribution in [0.25, 0.3) is 5.52 Å². The van der Waals surface area contributed by atoms with Crippen LogP contribution in [0.15, 0.2) is 30.5 Å². The first kappa shape index (κ1) is 20.4. The zero-order chi connectivity index (χ0) is 21.8. The van der Waals surface area contributed by atoms with E-state index in [-0.39, 0.29) is 18.5 Å². The fourth-order valence-corrected chi connectivity index (χ4v) is 3.80. The van der Waals surface area contributed by atoms with Crippen LogP contribution in [0.5, 0.6) is 0 Å². The number of alkyl halides is 3. The average Bonchev–Trinajstić information content (AvgIpc) is 3.03. The van der Waals surface area contributed by atoms with Crippen molar-refractivity contribution in [3.63, 3.8) is 0 Å². The molecule has 3 aromatic rings. The number of benzene rings is 1. The van der Waals surface area contributed by atoms with E-state index >= 15 is 0 Å². The van der Waals surface area contributed by atoms with Crippen LogP contribution < -0.4 is 11.1 Å². The number of nitrogens with two attached hydrogens (primary N) is 1. The minimum absolute atomic E-state index is 0.0215. The number of hydrogen-bond acceptors (Lipinski definition) is 6. The van der Waals surface area contributed by atoms with Gasteiger partial charge in [0, 0.05) is 30.3 Å². The van der Waals surface area contributed by atoms with E-state index in [0.717, 1.165) is 12.1 Å². The summed E-state index contributed by atoms with van der Waals surface area (Å²) in [7, 11) is 0. The maximum Gasteiger partial charge on any atom is 0.416 e.